The minimum Gasteiger partial charge on any atom is -0.477 e. The summed E-state index contributed by atoms with van der Waals surface area (Å²) < 4.78 is 23.1. The first-order valence-electron chi connectivity index (χ1n) is 43.4. The number of nitrogens with zero attached hydrogens (tertiary/aromatic N) is 1. The average molecular weight is 1360 g/mol. The largest absolute Gasteiger partial charge is 0.477 e. The number of carbonyl (C=O) groups excluding carboxylic acids is 2. The van der Waals surface area contributed by atoms with Gasteiger partial charge in [0, 0.05) is 12.8 Å². The third kappa shape index (κ3) is 79.4. The van der Waals surface area contributed by atoms with Gasteiger partial charge in [0.15, 0.2) is 6.10 Å². The number of hydrogen-bond donors (Lipinski definition) is 1. The molecule has 0 radical (unpaired) electrons. The van der Waals surface area contributed by atoms with E-state index in [2.05, 4.69) is 26.0 Å². The minimum atomic E-state index is -1.51. The summed E-state index contributed by atoms with van der Waals surface area (Å²) in [7, 11) is 6.01. The first kappa shape index (κ1) is 94.0. The van der Waals surface area contributed by atoms with E-state index in [4.69, 9.17) is 18.9 Å². The fraction of sp³-hybridized carbons (Fsp3) is 0.943. The lowest BCUT2D eigenvalue weighted by atomic mass is 10.0. The van der Waals surface area contributed by atoms with Crippen LogP contribution >= 0.6 is 0 Å². The lowest BCUT2D eigenvalue weighted by Gasteiger charge is -2.25. The number of esters is 2. The zero-order valence-electron chi connectivity index (χ0n) is 65.6. The average Bonchev–Trinajstić information content (AvgIpc) is 2.40. The van der Waals surface area contributed by atoms with Crippen molar-refractivity contribution in [1.82, 2.24) is 0 Å². The van der Waals surface area contributed by atoms with Gasteiger partial charge in [-0.1, -0.05) is 431 Å². The van der Waals surface area contributed by atoms with Gasteiger partial charge in [0.2, 0.25) is 0 Å². The topological polar surface area (TPSA) is 108 Å². The maximum absolute atomic E-state index is 13.0. The molecule has 0 aromatic carbocycles. The van der Waals surface area contributed by atoms with Crippen molar-refractivity contribution in [3.8, 4) is 0 Å². The van der Waals surface area contributed by atoms with E-state index in [0.29, 0.717) is 17.4 Å². The molecule has 0 amide bonds. The molecule has 9 heteroatoms. The summed E-state index contributed by atoms with van der Waals surface area (Å²) in [5.41, 5.74) is 0. The number of ether oxygens (including phenoxy) is 4. The molecule has 0 bridgehead atoms. The third-order valence-corrected chi connectivity index (χ3v) is 20.3. The standard InChI is InChI=1S/C87H169NO8/c1-6-8-10-12-14-16-18-20-22-24-26-28-30-32-34-36-38-40-41-42-43-44-46-47-49-51-53-55-57-59-61-63-65-67-69-71-73-75-77-84(89)94-81-83(82-95-87(86(91)92)93-80-79-88(3,4)5)96-85(90)78-76-74-72-70-68-66-64-62-60-58-56-54-52-50-48-45-39-37-35-33-31-29-27-25-23-21-19-17-15-13-11-9-7-2/h25,27,83,87H,6-24,26,28-82H2,1-5H3/p+1/b27-25-. The van der Waals surface area contributed by atoms with Crippen molar-refractivity contribution in [3.63, 3.8) is 0 Å². The van der Waals surface area contributed by atoms with E-state index in [9.17, 15) is 19.5 Å². The number of carboxylic acids is 1. The Kier molecular flexibility index (Phi) is 77.1. The molecule has 2 unspecified atom stereocenters. The van der Waals surface area contributed by atoms with Crippen molar-refractivity contribution >= 4 is 17.9 Å². The highest BCUT2D eigenvalue weighted by Gasteiger charge is 2.25. The molecule has 0 aromatic rings. The fourth-order valence-electron chi connectivity index (χ4n) is 13.7. The van der Waals surface area contributed by atoms with Gasteiger partial charge in [0.1, 0.15) is 13.2 Å². The molecule has 0 aromatic heterocycles. The lowest BCUT2D eigenvalue weighted by molar-refractivity contribution is -0.870. The monoisotopic (exact) mass is 1360 g/mol. The number of aliphatic carboxylic acids is 1. The van der Waals surface area contributed by atoms with Crippen LogP contribution in [0.15, 0.2) is 12.2 Å². The number of carbonyl (C=O) groups is 3. The van der Waals surface area contributed by atoms with E-state index in [1.165, 1.54) is 405 Å². The molecule has 0 aliphatic carbocycles. The molecule has 570 valence electrons. The number of unbranched alkanes of at least 4 members (excludes halogenated alkanes) is 66. The van der Waals surface area contributed by atoms with Crippen LogP contribution in [-0.2, 0) is 33.3 Å². The maximum atomic E-state index is 13.0. The van der Waals surface area contributed by atoms with E-state index in [1.54, 1.807) is 0 Å². The first-order chi connectivity index (χ1) is 47.1. The van der Waals surface area contributed by atoms with Gasteiger partial charge in [-0.2, -0.15) is 0 Å². The van der Waals surface area contributed by atoms with Crippen LogP contribution in [0.2, 0.25) is 0 Å². The molecule has 0 saturated carbocycles. The smallest absolute Gasteiger partial charge is 0.361 e. The number of quaternary nitrogens is 1. The second kappa shape index (κ2) is 78.7. The van der Waals surface area contributed by atoms with E-state index in [0.717, 1.165) is 38.5 Å². The summed E-state index contributed by atoms with van der Waals surface area (Å²) in [6.45, 7) is 4.98. The highest BCUT2D eigenvalue weighted by Crippen LogP contribution is 2.21. The number of rotatable bonds is 83. The van der Waals surface area contributed by atoms with Crippen molar-refractivity contribution in [2.75, 3.05) is 47.5 Å². The minimum absolute atomic E-state index is 0.173. The first-order valence-corrected chi connectivity index (χ1v) is 43.4. The van der Waals surface area contributed by atoms with Gasteiger partial charge in [-0.25, -0.2) is 4.79 Å². The molecule has 96 heavy (non-hydrogen) atoms. The van der Waals surface area contributed by atoms with Crippen molar-refractivity contribution in [2.24, 2.45) is 0 Å². The van der Waals surface area contributed by atoms with Crippen molar-refractivity contribution in [3.05, 3.63) is 12.2 Å². The molecule has 0 saturated heterocycles. The van der Waals surface area contributed by atoms with Crippen molar-refractivity contribution in [1.29, 1.82) is 0 Å². The molecule has 2 atom stereocenters. The molecule has 9 nitrogen and oxygen atoms in total. The predicted molar refractivity (Wildman–Crippen MR) is 415 cm³/mol. The van der Waals surface area contributed by atoms with E-state index in [1.807, 2.05) is 21.1 Å². The van der Waals surface area contributed by atoms with Gasteiger partial charge in [-0.05, 0) is 38.5 Å². The van der Waals surface area contributed by atoms with Gasteiger partial charge in [0.25, 0.3) is 6.29 Å². The Labute approximate surface area is 599 Å². The third-order valence-electron chi connectivity index (χ3n) is 20.3. The molecule has 0 rings (SSSR count). The summed E-state index contributed by atoms with van der Waals surface area (Å²) in [4.78, 5) is 37.8. The van der Waals surface area contributed by atoms with Crippen LogP contribution < -0.4 is 0 Å². The summed E-state index contributed by atoms with van der Waals surface area (Å²) in [5.74, 6) is -1.96. The van der Waals surface area contributed by atoms with Crippen molar-refractivity contribution < 1.29 is 42.9 Å². The van der Waals surface area contributed by atoms with E-state index in [-0.39, 0.29) is 38.2 Å². The van der Waals surface area contributed by atoms with Crippen LogP contribution in [0.3, 0.4) is 0 Å². The van der Waals surface area contributed by atoms with Crippen LogP contribution in [0, 0.1) is 0 Å². The Hall–Kier alpha value is -1.97. The summed E-state index contributed by atoms with van der Waals surface area (Å²) in [5, 5.41) is 9.78. The van der Waals surface area contributed by atoms with E-state index >= 15 is 0 Å². The lowest BCUT2D eigenvalue weighted by Crippen LogP contribution is -2.40. The molecule has 0 heterocycles. The number of carboxylic acid groups (broad SMARTS) is 1. The fourth-order valence-corrected chi connectivity index (χ4v) is 13.7. The van der Waals surface area contributed by atoms with Crippen LogP contribution in [0.5, 0.6) is 0 Å². The quantitative estimate of drug-likeness (QED) is 0.0211. The van der Waals surface area contributed by atoms with Crippen LogP contribution in [0.25, 0.3) is 0 Å². The predicted octanol–water partition coefficient (Wildman–Crippen LogP) is 27.9. The number of hydrogen-bond acceptors (Lipinski definition) is 7. The van der Waals surface area contributed by atoms with Gasteiger partial charge >= 0.3 is 17.9 Å². The normalized spacial score (nSPS) is 12.6. The van der Waals surface area contributed by atoms with Gasteiger partial charge < -0.3 is 28.5 Å². The molecule has 0 aliphatic heterocycles. The Morgan fingerprint density at radius 1 is 0.302 bits per heavy atom. The maximum Gasteiger partial charge on any atom is 0.361 e. The summed E-state index contributed by atoms with van der Waals surface area (Å²) >= 11 is 0. The highest BCUT2D eigenvalue weighted by atomic mass is 16.7. The molecular formula is C87H170NO8+. The van der Waals surface area contributed by atoms with E-state index < -0.39 is 18.4 Å². The second-order valence-electron chi connectivity index (χ2n) is 31.2. The Balaban J connectivity index is 3.90. The Bertz CT molecular complexity index is 1580. The molecule has 0 fully saturated rings. The Morgan fingerprint density at radius 3 is 0.771 bits per heavy atom. The number of allylic oxidation sites excluding steroid dienone is 2. The Morgan fingerprint density at radius 2 is 0.531 bits per heavy atom. The van der Waals surface area contributed by atoms with Gasteiger partial charge in [0.05, 0.1) is 34.4 Å². The molecular weight excluding hydrogens is 1190 g/mol. The zero-order chi connectivity index (χ0) is 69.7. The van der Waals surface area contributed by atoms with Crippen molar-refractivity contribution in [2.45, 2.75) is 482 Å². The molecule has 0 aliphatic rings. The van der Waals surface area contributed by atoms with Gasteiger partial charge in [-0.15, -0.1) is 0 Å². The van der Waals surface area contributed by atoms with Crippen LogP contribution in [-0.4, -0.2) is 87.4 Å². The van der Waals surface area contributed by atoms with Gasteiger partial charge in [-0.3, -0.25) is 9.59 Å². The summed E-state index contributed by atoms with van der Waals surface area (Å²) in [6, 6.07) is 0. The van der Waals surface area contributed by atoms with Crippen LogP contribution in [0.1, 0.15) is 470 Å². The SMILES string of the molecule is CCCCCCCCCC/C=C\CCCCCCCCCCCCCCCCCCCCCCCC(=O)OC(COC(=O)CCCCCCCCCCCCCCCCCCCCCCCCCCCCCCCCCCCCCCCC)COC(OCC[N+](C)(C)C)C(=O)O. The summed E-state index contributed by atoms with van der Waals surface area (Å²) in [6.07, 6.45) is 97.0. The molecule has 1 N–H and O–H groups in total. The zero-order valence-corrected chi connectivity index (χ0v) is 65.6. The number of likely N-dealkylation sites (N-methyl/N-ethyl adjacent to an activating group) is 1. The van der Waals surface area contributed by atoms with Crippen LogP contribution in [0.4, 0.5) is 0 Å². The highest BCUT2D eigenvalue weighted by molar-refractivity contribution is 5.71. The second-order valence-corrected chi connectivity index (χ2v) is 31.2. The molecule has 0 spiro atoms.